The molecule has 0 unspecified atom stereocenters. The van der Waals surface area contributed by atoms with Crippen molar-refractivity contribution in [3.8, 4) is 0 Å². The minimum Gasteiger partial charge on any atom is -0.384 e. The Balaban J connectivity index is 2.62. The normalized spacial score (nSPS) is 11.7. The molecule has 3 heteroatoms. The average molecular weight is 285 g/mol. The van der Waals surface area contributed by atoms with Gasteiger partial charge in [-0.2, -0.15) is 0 Å². The van der Waals surface area contributed by atoms with Crippen LogP contribution < -0.4 is 10.2 Å². The first kappa shape index (κ1) is 15.6. The van der Waals surface area contributed by atoms with Crippen molar-refractivity contribution in [1.29, 1.82) is 0 Å². The SMILES string of the molecule is CCCNc1cc(C(C)(C)C)nc2ccc(N(C)C)cc12. The van der Waals surface area contributed by atoms with E-state index in [0.29, 0.717) is 0 Å². The van der Waals surface area contributed by atoms with Crippen LogP contribution in [0.25, 0.3) is 10.9 Å². The lowest BCUT2D eigenvalue weighted by atomic mass is 9.90. The van der Waals surface area contributed by atoms with E-state index in [4.69, 9.17) is 4.98 Å². The number of nitrogens with one attached hydrogen (secondary N) is 1. The molecule has 1 heterocycles. The van der Waals surface area contributed by atoms with Crippen molar-refractivity contribution >= 4 is 22.3 Å². The maximum Gasteiger partial charge on any atom is 0.0727 e. The van der Waals surface area contributed by atoms with Gasteiger partial charge >= 0.3 is 0 Å². The molecule has 0 saturated carbocycles. The topological polar surface area (TPSA) is 28.2 Å². The average Bonchev–Trinajstić information content (AvgIpc) is 2.42. The zero-order chi connectivity index (χ0) is 15.6. The Hall–Kier alpha value is -1.77. The molecule has 0 aliphatic carbocycles. The van der Waals surface area contributed by atoms with Crippen molar-refractivity contribution < 1.29 is 0 Å². The van der Waals surface area contributed by atoms with E-state index in [0.717, 1.165) is 24.2 Å². The number of anilines is 2. The van der Waals surface area contributed by atoms with Gasteiger partial charge in [0.2, 0.25) is 0 Å². The summed E-state index contributed by atoms with van der Waals surface area (Å²) in [6, 6.07) is 8.67. The summed E-state index contributed by atoms with van der Waals surface area (Å²) < 4.78 is 0. The highest BCUT2D eigenvalue weighted by atomic mass is 15.1. The summed E-state index contributed by atoms with van der Waals surface area (Å²) in [6.45, 7) is 9.79. The van der Waals surface area contributed by atoms with Gasteiger partial charge in [-0.1, -0.05) is 27.7 Å². The molecule has 0 fully saturated rings. The number of nitrogens with zero attached hydrogens (tertiary/aromatic N) is 2. The smallest absolute Gasteiger partial charge is 0.0727 e. The van der Waals surface area contributed by atoms with Crippen molar-refractivity contribution in [3.05, 3.63) is 30.0 Å². The van der Waals surface area contributed by atoms with E-state index < -0.39 is 0 Å². The van der Waals surface area contributed by atoms with Crippen molar-refractivity contribution in [3.63, 3.8) is 0 Å². The van der Waals surface area contributed by atoms with Crippen molar-refractivity contribution in [2.24, 2.45) is 0 Å². The summed E-state index contributed by atoms with van der Waals surface area (Å²) in [5.41, 5.74) is 4.64. The summed E-state index contributed by atoms with van der Waals surface area (Å²) in [7, 11) is 4.13. The lowest BCUT2D eigenvalue weighted by Crippen LogP contribution is -2.15. The second-order valence-electron chi connectivity index (χ2n) is 6.83. The van der Waals surface area contributed by atoms with Gasteiger partial charge in [-0.3, -0.25) is 4.98 Å². The predicted molar refractivity (Wildman–Crippen MR) is 93.6 cm³/mol. The third-order valence-corrected chi connectivity index (χ3v) is 3.64. The molecule has 21 heavy (non-hydrogen) atoms. The van der Waals surface area contributed by atoms with Gasteiger partial charge in [-0.25, -0.2) is 0 Å². The Kier molecular flexibility index (Phi) is 4.40. The molecule has 1 aromatic heterocycles. The van der Waals surface area contributed by atoms with E-state index >= 15 is 0 Å². The third-order valence-electron chi connectivity index (χ3n) is 3.64. The number of hydrogen-bond donors (Lipinski definition) is 1. The fourth-order valence-corrected chi connectivity index (χ4v) is 2.28. The van der Waals surface area contributed by atoms with Crippen LogP contribution in [-0.2, 0) is 5.41 Å². The maximum absolute atomic E-state index is 4.86. The fourth-order valence-electron chi connectivity index (χ4n) is 2.28. The first-order valence-corrected chi connectivity index (χ1v) is 7.69. The van der Waals surface area contributed by atoms with Crippen molar-refractivity contribution in [2.75, 3.05) is 30.9 Å². The van der Waals surface area contributed by atoms with Gasteiger partial charge in [-0.15, -0.1) is 0 Å². The standard InChI is InChI=1S/C18H27N3/c1-7-10-19-16-12-17(18(2,3)4)20-15-9-8-13(21(5)6)11-14(15)16/h8-9,11-12H,7,10H2,1-6H3,(H,19,20). The summed E-state index contributed by atoms with van der Waals surface area (Å²) in [6.07, 6.45) is 1.11. The molecular weight excluding hydrogens is 258 g/mol. The minimum atomic E-state index is 0.0526. The molecule has 1 N–H and O–H groups in total. The van der Waals surface area contributed by atoms with Crippen LogP contribution in [-0.4, -0.2) is 25.6 Å². The Morgan fingerprint density at radius 2 is 1.86 bits per heavy atom. The molecular formula is C18H27N3. The van der Waals surface area contributed by atoms with E-state index in [9.17, 15) is 0 Å². The summed E-state index contributed by atoms with van der Waals surface area (Å²) in [4.78, 5) is 6.98. The quantitative estimate of drug-likeness (QED) is 0.901. The summed E-state index contributed by atoms with van der Waals surface area (Å²) >= 11 is 0. The summed E-state index contributed by atoms with van der Waals surface area (Å²) in [5, 5.41) is 4.75. The number of aromatic nitrogens is 1. The molecule has 0 atom stereocenters. The molecule has 0 radical (unpaired) electrons. The molecule has 114 valence electrons. The molecule has 0 aliphatic heterocycles. The maximum atomic E-state index is 4.86. The van der Waals surface area contributed by atoms with Crippen LogP contribution in [0.2, 0.25) is 0 Å². The van der Waals surface area contributed by atoms with Gasteiger partial charge in [0.1, 0.15) is 0 Å². The second kappa shape index (κ2) is 5.92. The van der Waals surface area contributed by atoms with E-state index in [1.165, 1.54) is 16.8 Å². The largest absolute Gasteiger partial charge is 0.384 e. The van der Waals surface area contributed by atoms with Crippen molar-refractivity contribution in [1.82, 2.24) is 4.98 Å². The molecule has 0 aliphatic rings. The molecule has 0 bridgehead atoms. The van der Waals surface area contributed by atoms with Crippen LogP contribution >= 0.6 is 0 Å². The molecule has 0 spiro atoms. The molecule has 3 nitrogen and oxygen atoms in total. The van der Waals surface area contributed by atoms with Crippen LogP contribution in [0.4, 0.5) is 11.4 Å². The number of fused-ring (bicyclic) bond motifs is 1. The number of pyridine rings is 1. The highest BCUT2D eigenvalue weighted by Gasteiger charge is 2.18. The number of rotatable bonds is 4. The Labute approximate surface area is 128 Å². The van der Waals surface area contributed by atoms with Crippen molar-refractivity contribution in [2.45, 2.75) is 39.5 Å². The van der Waals surface area contributed by atoms with Crippen LogP contribution in [0.15, 0.2) is 24.3 Å². The van der Waals surface area contributed by atoms with Gasteiger partial charge in [-0.05, 0) is 30.7 Å². The Morgan fingerprint density at radius 3 is 2.43 bits per heavy atom. The van der Waals surface area contributed by atoms with Crippen LogP contribution in [0.5, 0.6) is 0 Å². The van der Waals surface area contributed by atoms with Gasteiger partial charge in [0, 0.05) is 48.5 Å². The van der Waals surface area contributed by atoms with Gasteiger partial charge in [0.15, 0.2) is 0 Å². The number of benzene rings is 1. The van der Waals surface area contributed by atoms with Crippen LogP contribution in [0.3, 0.4) is 0 Å². The zero-order valence-electron chi connectivity index (χ0n) is 14.1. The second-order valence-corrected chi connectivity index (χ2v) is 6.83. The molecule has 0 amide bonds. The molecule has 1 aromatic carbocycles. The first-order chi connectivity index (χ1) is 9.82. The highest BCUT2D eigenvalue weighted by molar-refractivity contribution is 5.94. The fraction of sp³-hybridized carbons (Fsp3) is 0.500. The minimum absolute atomic E-state index is 0.0526. The van der Waals surface area contributed by atoms with E-state index in [-0.39, 0.29) is 5.41 Å². The first-order valence-electron chi connectivity index (χ1n) is 7.69. The molecule has 2 aromatic rings. The van der Waals surface area contributed by atoms with Gasteiger partial charge < -0.3 is 10.2 Å². The van der Waals surface area contributed by atoms with E-state index in [2.05, 4.69) is 76.3 Å². The Morgan fingerprint density at radius 1 is 1.14 bits per heavy atom. The lowest BCUT2D eigenvalue weighted by Gasteiger charge is -2.21. The number of hydrogen-bond acceptors (Lipinski definition) is 3. The van der Waals surface area contributed by atoms with Gasteiger partial charge in [0.25, 0.3) is 0 Å². The van der Waals surface area contributed by atoms with Gasteiger partial charge in [0.05, 0.1) is 5.52 Å². The highest BCUT2D eigenvalue weighted by Crippen LogP contribution is 2.31. The molecule has 2 rings (SSSR count). The summed E-state index contributed by atoms with van der Waals surface area (Å²) in [5.74, 6) is 0. The molecule has 0 saturated heterocycles. The zero-order valence-corrected chi connectivity index (χ0v) is 14.1. The van der Waals surface area contributed by atoms with E-state index in [1.54, 1.807) is 0 Å². The monoisotopic (exact) mass is 285 g/mol. The van der Waals surface area contributed by atoms with Crippen LogP contribution in [0.1, 0.15) is 39.8 Å². The third kappa shape index (κ3) is 3.46. The Bertz CT molecular complexity index is 624. The lowest BCUT2D eigenvalue weighted by molar-refractivity contribution is 0.572. The predicted octanol–water partition coefficient (Wildman–Crippen LogP) is 4.42. The van der Waals surface area contributed by atoms with E-state index in [1.807, 2.05) is 0 Å². The van der Waals surface area contributed by atoms with Crippen LogP contribution in [0, 0.1) is 0 Å².